The van der Waals surface area contributed by atoms with E-state index in [1.807, 2.05) is 45.0 Å². The van der Waals surface area contributed by atoms with Gasteiger partial charge in [0.15, 0.2) is 5.96 Å². The normalized spacial score (nSPS) is 15.9. The van der Waals surface area contributed by atoms with Gasteiger partial charge < -0.3 is 30.2 Å². The Morgan fingerprint density at radius 1 is 1.22 bits per heavy atom. The van der Waals surface area contributed by atoms with Gasteiger partial charge in [0, 0.05) is 32.0 Å². The molecule has 1 aliphatic heterocycles. The summed E-state index contributed by atoms with van der Waals surface area (Å²) in [6, 6.07) is 7.67. The van der Waals surface area contributed by atoms with E-state index in [1.54, 1.807) is 0 Å². The average molecular weight is 562 g/mol. The summed E-state index contributed by atoms with van der Waals surface area (Å²) in [5, 5.41) is 9.36. The van der Waals surface area contributed by atoms with E-state index in [2.05, 4.69) is 20.9 Å². The van der Waals surface area contributed by atoms with Crippen LogP contribution in [0.15, 0.2) is 29.3 Å². The van der Waals surface area contributed by atoms with Crippen LogP contribution in [0.5, 0.6) is 5.75 Å². The van der Waals surface area contributed by atoms with Crippen LogP contribution in [0.4, 0.5) is 5.69 Å². The van der Waals surface area contributed by atoms with Gasteiger partial charge in [-0.15, -0.1) is 24.0 Å². The SMILES string of the molecule is CCCNC(=O)CN=C(NCCCOCC1CCCO1)Nc1ccc(OC(C)C)cc1.I. The van der Waals surface area contributed by atoms with Gasteiger partial charge in [-0.05, 0) is 63.8 Å². The highest BCUT2D eigenvalue weighted by molar-refractivity contribution is 14.0. The van der Waals surface area contributed by atoms with E-state index >= 15 is 0 Å². The van der Waals surface area contributed by atoms with Gasteiger partial charge in [0.1, 0.15) is 12.3 Å². The summed E-state index contributed by atoms with van der Waals surface area (Å²) >= 11 is 0. The molecule has 1 aromatic carbocycles. The molecule has 0 spiro atoms. The minimum atomic E-state index is -0.0940. The van der Waals surface area contributed by atoms with E-state index in [-0.39, 0.29) is 48.6 Å². The van der Waals surface area contributed by atoms with Crippen molar-refractivity contribution < 1.29 is 19.0 Å². The molecule has 1 aromatic rings. The molecule has 0 radical (unpaired) electrons. The third-order valence-corrected chi connectivity index (χ3v) is 4.53. The largest absolute Gasteiger partial charge is 0.491 e. The van der Waals surface area contributed by atoms with Crippen LogP contribution in [0.2, 0.25) is 0 Å². The Hall–Kier alpha value is -1.59. The van der Waals surface area contributed by atoms with Crippen LogP contribution in [-0.2, 0) is 14.3 Å². The number of ether oxygens (including phenoxy) is 3. The summed E-state index contributed by atoms with van der Waals surface area (Å²) in [7, 11) is 0. The Labute approximate surface area is 209 Å². The van der Waals surface area contributed by atoms with Gasteiger partial charge in [-0.3, -0.25) is 4.79 Å². The van der Waals surface area contributed by atoms with Gasteiger partial charge in [0.05, 0.1) is 18.8 Å². The Bertz CT molecular complexity index is 664. The average Bonchev–Trinajstić information content (AvgIpc) is 3.27. The van der Waals surface area contributed by atoms with E-state index in [9.17, 15) is 4.79 Å². The van der Waals surface area contributed by atoms with E-state index in [0.717, 1.165) is 43.7 Å². The van der Waals surface area contributed by atoms with Crippen LogP contribution in [0.1, 0.15) is 46.5 Å². The summed E-state index contributed by atoms with van der Waals surface area (Å²) < 4.78 is 16.9. The zero-order valence-corrected chi connectivity index (χ0v) is 21.9. The number of carbonyl (C=O) groups excluding carboxylic acids is 1. The van der Waals surface area contributed by atoms with Crippen molar-refractivity contribution in [2.45, 2.75) is 58.7 Å². The molecule has 9 heteroatoms. The monoisotopic (exact) mass is 562 g/mol. The molecule has 1 amide bonds. The van der Waals surface area contributed by atoms with Crippen molar-refractivity contribution in [3.63, 3.8) is 0 Å². The first kappa shape index (κ1) is 28.4. The van der Waals surface area contributed by atoms with Gasteiger partial charge in [-0.25, -0.2) is 4.99 Å². The Kier molecular flexibility index (Phi) is 15.1. The summed E-state index contributed by atoms with van der Waals surface area (Å²) in [4.78, 5) is 16.3. The Morgan fingerprint density at radius 3 is 2.66 bits per heavy atom. The quantitative estimate of drug-likeness (QED) is 0.147. The number of amides is 1. The lowest BCUT2D eigenvalue weighted by molar-refractivity contribution is -0.119. The first-order chi connectivity index (χ1) is 15.1. The van der Waals surface area contributed by atoms with Crippen LogP contribution < -0.4 is 20.7 Å². The fourth-order valence-electron chi connectivity index (χ4n) is 3.01. The molecule has 0 bridgehead atoms. The topological polar surface area (TPSA) is 93.2 Å². The maximum atomic E-state index is 11.9. The van der Waals surface area contributed by atoms with Gasteiger partial charge in [0.25, 0.3) is 0 Å². The van der Waals surface area contributed by atoms with Crippen LogP contribution in [0.25, 0.3) is 0 Å². The van der Waals surface area contributed by atoms with Gasteiger partial charge >= 0.3 is 0 Å². The number of hydrogen-bond acceptors (Lipinski definition) is 5. The lowest BCUT2D eigenvalue weighted by atomic mass is 10.2. The molecule has 2 rings (SSSR count). The second-order valence-corrected chi connectivity index (χ2v) is 7.82. The summed E-state index contributed by atoms with van der Waals surface area (Å²) in [5.74, 6) is 1.28. The van der Waals surface area contributed by atoms with Crippen LogP contribution in [0.3, 0.4) is 0 Å². The smallest absolute Gasteiger partial charge is 0.241 e. The van der Waals surface area contributed by atoms with E-state index in [1.165, 1.54) is 0 Å². The molecule has 8 nitrogen and oxygen atoms in total. The molecule has 0 saturated carbocycles. The third-order valence-electron chi connectivity index (χ3n) is 4.53. The number of carbonyl (C=O) groups is 1. The molecule has 1 saturated heterocycles. The van der Waals surface area contributed by atoms with Crippen LogP contribution in [0, 0.1) is 0 Å². The maximum Gasteiger partial charge on any atom is 0.241 e. The number of hydrogen-bond donors (Lipinski definition) is 3. The molecule has 3 N–H and O–H groups in total. The van der Waals surface area contributed by atoms with Gasteiger partial charge in [0.2, 0.25) is 5.91 Å². The number of halogens is 1. The van der Waals surface area contributed by atoms with Crippen LogP contribution in [-0.4, -0.2) is 63.5 Å². The first-order valence-electron chi connectivity index (χ1n) is 11.3. The predicted molar refractivity (Wildman–Crippen MR) is 139 cm³/mol. The Morgan fingerprint density at radius 2 is 2.00 bits per heavy atom. The predicted octanol–water partition coefficient (Wildman–Crippen LogP) is 3.56. The molecule has 32 heavy (non-hydrogen) atoms. The molecule has 0 aromatic heterocycles. The highest BCUT2D eigenvalue weighted by Crippen LogP contribution is 2.17. The highest BCUT2D eigenvalue weighted by Gasteiger charge is 2.14. The number of nitrogens with zero attached hydrogens (tertiary/aromatic N) is 1. The summed E-state index contributed by atoms with van der Waals surface area (Å²) in [6.45, 7) is 9.57. The number of benzene rings is 1. The number of guanidine groups is 1. The second-order valence-electron chi connectivity index (χ2n) is 7.82. The molecule has 1 aliphatic rings. The number of aliphatic imine (C=N–C) groups is 1. The number of anilines is 1. The molecule has 1 fully saturated rings. The van der Waals surface area contributed by atoms with Crippen molar-refractivity contribution in [1.82, 2.24) is 10.6 Å². The summed E-state index contributed by atoms with van der Waals surface area (Å²) in [5.41, 5.74) is 0.867. The molecule has 1 unspecified atom stereocenters. The molecule has 1 atom stereocenters. The lowest BCUT2D eigenvalue weighted by Crippen LogP contribution is -2.34. The fraction of sp³-hybridized carbons (Fsp3) is 0.652. The Balaban J connectivity index is 0.00000512. The van der Waals surface area contributed by atoms with Crippen molar-refractivity contribution in [1.29, 1.82) is 0 Å². The van der Waals surface area contributed by atoms with E-state index in [4.69, 9.17) is 14.2 Å². The second kappa shape index (κ2) is 17.0. The van der Waals surface area contributed by atoms with Crippen molar-refractivity contribution in [3.8, 4) is 5.75 Å². The highest BCUT2D eigenvalue weighted by atomic mass is 127. The van der Waals surface area contributed by atoms with Gasteiger partial charge in [-0.1, -0.05) is 6.92 Å². The molecule has 0 aliphatic carbocycles. The third kappa shape index (κ3) is 12.4. The zero-order chi connectivity index (χ0) is 22.3. The molecule has 182 valence electrons. The number of rotatable bonds is 13. The molecular formula is C23H39IN4O4. The van der Waals surface area contributed by atoms with Gasteiger partial charge in [-0.2, -0.15) is 0 Å². The minimum absolute atomic E-state index is 0. The fourth-order valence-corrected chi connectivity index (χ4v) is 3.01. The van der Waals surface area contributed by atoms with Crippen LogP contribution >= 0.6 is 24.0 Å². The number of nitrogens with one attached hydrogen (secondary N) is 3. The standard InChI is InChI=1S/C23H38N4O4.HI/c1-4-12-24-22(28)16-26-23(25-13-6-14-29-17-21-7-5-15-30-21)27-19-8-10-20(11-9-19)31-18(2)3;/h8-11,18,21H,4-7,12-17H2,1-3H3,(H,24,28)(H2,25,26,27);1H. The maximum absolute atomic E-state index is 11.9. The first-order valence-corrected chi connectivity index (χ1v) is 11.3. The minimum Gasteiger partial charge on any atom is -0.491 e. The van der Waals surface area contributed by atoms with Crippen molar-refractivity contribution >= 4 is 41.5 Å². The molecular weight excluding hydrogens is 523 g/mol. The van der Waals surface area contributed by atoms with Crippen molar-refractivity contribution in [2.24, 2.45) is 4.99 Å². The lowest BCUT2D eigenvalue weighted by Gasteiger charge is -2.15. The zero-order valence-electron chi connectivity index (χ0n) is 19.5. The van der Waals surface area contributed by atoms with Crippen molar-refractivity contribution in [3.05, 3.63) is 24.3 Å². The molecule has 1 heterocycles. The van der Waals surface area contributed by atoms with Crippen molar-refractivity contribution in [2.75, 3.05) is 44.8 Å². The van der Waals surface area contributed by atoms with E-state index < -0.39 is 0 Å². The summed E-state index contributed by atoms with van der Waals surface area (Å²) in [6.07, 6.45) is 4.31. The van der Waals surface area contributed by atoms with E-state index in [0.29, 0.717) is 32.3 Å².